The summed E-state index contributed by atoms with van der Waals surface area (Å²) in [7, 11) is 0. The number of amides is 1. The molecule has 2 saturated carbocycles. The van der Waals surface area contributed by atoms with Gasteiger partial charge in [-0.1, -0.05) is 19.8 Å². The van der Waals surface area contributed by atoms with Crippen LogP contribution in [-0.2, 0) is 4.79 Å². The fourth-order valence-electron chi connectivity index (χ4n) is 2.31. The van der Waals surface area contributed by atoms with Gasteiger partial charge in [0.25, 0.3) is 0 Å². The third kappa shape index (κ3) is 3.49. The van der Waals surface area contributed by atoms with Crippen LogP contribution >= 0.6 is 0 Å². The Bertz CT molecular complexity index is 226. The topological polar surface area (TPSA) is 41.1 Å². The second kappa shape index (κ2) is 4.97. The summed E-state index contributed by atoms with van der Waals surface area (Å²) in [6, 6.07) is 1.05. The zero-order valence-corrected chi connectivity index (χ0v) is 9.59. The standard InChI is InChI=1S/C12H22N2O/c1-9-4-2-3-5-11(9)14-12(15)8-13-10-6-7-10/h9-11,13H,2-8H2,1H3,(H,14,15)/t9-,11+/m0/s1. The number of carbonyl (C=O) groups excluding carboxylic acids is 1. The zero-order chi connectivity index (χ0) is 10.7. The summed E-state index contributed by atoms with van der Waals surface area (Å²) in [5.74, 6) is 0.837. The van der Waals surface area contributed by atoms with E-state index in [1.165, 1.54) is 32.1 Å². The molecule has 2 fully saturated rings. The van der Waals surface area contributed by atoms with Gasteiger partial charge in [-0.25, -0.2) is 0 Å². The van der Waals surface area contributed by atoms with E-state index in [2.05, 4.69) is 17.6 Å². The van der Waals surface area contributed by atoms with E-state index in [0.29, 0.717) is 24.5 Å². The number of nitrogens with one attached hydrogen (secondary N) is 2. The molecule has 0 radical (unpaired) electrons. The van der Waals surface area contributed by atoms with E-state index < -0.39 is 0 Å². The molecule has 0 aromatic carbocycles. The summed E-state index contributed by atoms with van der Waals surface area (Å²) in [6.07, 6.45) is 7.51. The molecule has 0 unspecified atom stereocenters. The molecule has 2 aliphatic rings. The molecule has 0 aromatic rings. The minimum absolute atomic E-state index is 0.181. The molecule has 0 heterocycles. The Morgan fingerprint density at radius 2 is 1.93 bits per heavy atom. The molecule has 0 spiro atoms. The highest BCUT2D eigenvalue weighted by atomic mass is 16.2. The zero-order valence-electron chi connectivity index (χ0n) is 9.59. The fourth-order valence-corrected chi connectivity index (χ4v) is 2.31. The second-order valence-corrected chi connectivity index (χ2v) is 5.09. The van der Waals surface area contributed by atoms with Crippen molar-refractivity contribution in [2.75, 3.05) is 6.54 Å². The van der Waals surface area contributed by atoms with Crippen molar-refractivity contribution in [2.24, 2.45) is 5.92 Å². The average molecular weight is 210 g/mol. The molecule has 86 valence electrons. The van der Waals surface area contributed by atoms with E-state index in [1.54, 1.807) is 0 Å². The van der Waals surface area contributed by atoms with Gasteiger partial charge in [0.2, 0.25) is 5.91 Å². The van der Waals surface area contributed by atoms with Gasteiger partial charge in [-0.15, -0.1) is 0 Å². The minimum Gasteiger partial charge on any atom is -0.352 e. The molecule has 0 aromatic heterocycles. The Hall–Kier alpha value is -0.570. The summed E-state index contributed by atoms with van der Waals surface area (Å²) in [4.78, 5) is 11.6. The first kappa shape index (κ1) is 10.9. The molecule has 2 aliphatic carbocycles. The monoisotopic (exact) mass is 210 g/mol. The fraction of sp³-hybridized carbons (Fsp3) is 0.917. The van der Waals surface area contributed by atoms with E-state index in [0.717, 1.165) is 6.42 Å². The van der Waals surface area contributed by atoms with Crippen LogP contribution in [0.1, 0.15) is 45.4 Å². The van der Waals surface area contributed by atoms with E-state index in [4.69, 9.17) is 0 Å². The molecule has 0 aliphatic heterocycles. The summed E-state index contributed by atoms with van der Waals surface area (Å²) < 4.78 is 0. The highest BCUT2D eigenvalue weighted by Crippen LogP contribution is 2.23. The van der Waals surface area contributed by atoms with Crippen molar-refractivity contribution < 1.29 is 4.79 Å². The van der Waals surface area contributed by atoms with Gasteiger partial charge in [0.1, 0.15) is 0 Å². The molecule has 1 amide bonds. The van der Waals surface area contributed by atoms with Crippen molar-refractivity contribution in [3.8, 4) is 0 Å². The normalized spacial score (nSPS) is 31.3. The number of carbonyl (C=O) groups is 1. The quantitative estimate of drug-likeness (QED) is 0.737. The maximum atomic E-state index is 11.6. The first-order chi connectivity index (χ1) is 7.25. The number of hydrogen-bond donors (Lipinski definition) is 2. The van der Waals surface area contributed by atoms with Crippen LogP contribution in [0.5, 0.6) is 0 Å². The first-order valence-corrected chi connectivity index (χ1v) is 6.28. The lowest BCUT2D eigenvalue weighted by molar-refractivity contribution is -0.121. The smallest absolute Gasteiger partial charge is 0.234 e. The summed E-state index contributed by atoms with van der Waals surface area (Å²) >= 11 is 0. The van der Waals surface area contributed by atoms with Gasteiger partial charge in [-0.3, -0.25) is 4.79 Å². The van der Waals surface area contributed by atoms with Gasteiger partial charge in [0.05, 0.1) is 6.54 Å². The molecular formula is C12H22N2O. The van der Waals surface area contributed by atoms with Crippen LogP contribution in [0, 0.1) is 5.92 Å². The Morgan fingerprint density at radius 3 is 2.60 bits per heavy atom. The number of hydrogen-bond acceptors (Lipinski definition) is 2. The molecule has 15 heavy (non-hydrogen) atoms. The van der Waals surface area contributed by atoms with Crippen LogP contribution in [0.15, 0.2) is 0 Å². The molecule has 2 N–H and O–H groups in total. The Balaban J connectivity index is 1.66. The van der Waals surface area contributed by atoms with Gasteiger partial charge in [-0.2, -0.15) is 0 Å². The predicted molar refractivity (Wildman–Crippen MR) is 60.6 cm³/mol. The lowest BCUT2D eigenvalue weighted by Gasteiger charge is -2.29. The Labute approximate surface area is 92.0 Å². The summed E-state index contributed by atoms with van der Waals surface area (Å²) in [6.45, 7) is 2.76. The molecule has 2 atom stereocenters. The van der Waals surface area contributed by atoms with Gasteiger partial charge < -0.3 is 10.6 Å². The minimum atomic E-state index is 0.181. The molecule has 0 bridgehead atoms. The van der Waals surface area contributed by atoms with Crippen LogP contribution in [0.3, 0.4) is 0 Å². The van der Waals surface area contributed by atoms with Crippen molar-refractivity contribution in [1.82, 2.24) is 10.6 Å². The van der Waals surface area contributed by atoms with E-state index >= 15 is 0 Å². The van der Waals surface area contributed by atoms with Crippen molar-refractivity contribution in [2.45, 2.75) is 57.5 Å². The van der Waals surface area contributed by atoms with Crippen LogP contribution in [0.2, 0.25) is 0 Å². The maximum Gasteiger partial charge on any atom is 0.234 e. The maximum absolute atomic E-state index is 11.6. The van der Waals surface area contributed by atoms with Gasteiger partial charge >= 0.3 is 0 Å². The first-order valence-electron chi connectivity index (χ1n) is 6.28. The Kier molecular flexibility index (Phi) is 3.62. The lowest BCUT2D eigenvalue weighted by Crippen LogP contribution is -2.45. The van der Waals surface area contributed by atoms with Gasteiger partial charge in [0.15, 0.2) is 0 Å². The van der Waals surface area contributed by atoms with Crippen LogP contribution in [0.25, 0.3) is 0 Å². The third-order valence-corrected chi connectivity index (χ3v) is 3.59. The molecule has 3 heteroatoms. The lowest BCUT2D eigenvalue weighted by atomic mass is 9.86. The van der Waals surface area contributed by atoms with Crippen LogP contribution in [-0.4, -0.2) is 24.5 Å². The third-order valence-electron chi connectivity index (χ3n) is 3.59. The SMILES string of the molecule is C[C@H]1CCCC[C@H]1NC(=O)CNC1CC1. The molecular weight excluding hydrogens is 188 g/mol. The van der Waals surface area contributed by atoms with Gasteiger partial charge in [-0.05, 0) is 31.6 Å². The van der Waals surface area contributed by atoms with Crippen molar-refractivity contribution in [1.29, 1.82) is 0 Å². The number of rotatable bonds is 4. The van der Waals surface area contributed by atoms with E-state index in [9.17, 15) is 4.79 Å². The van der Waals surface area contributed by atoms with Crippen LogP contribution < -0.4 is 10.6 Å². The Morgan fingerprint density at radius 1 is 1.20 bits per heavy atom. The van der Waals surface area contributed by atoms with Crippen LogP contribution in [0.4, 0.5) is 0 Å². The van der Waals surface area contributed by atoms with Crippen molar-refractivity contribution in [3.05, 3.63) is 0 Å². The highest BCUT2D eigenvalue weighted by Gasteiger charge is 2.24. The van der Waals surface area contributed by atoms with Crippen molar-refractivity contribution in [3.63, 3.8) is 0 Å². The molecule has 2 rings (SSSR count). The average Bonchev–Trinajstić information content (AvgIpc) is 3.02. The predicted octanol–water partition coefficient (Wildman–Crippen LogP) is 1.43. The van der Waals surface area contributed by atoms with E-state index in [-0.39, 0.29) is 5.91 Å². The summed E-state index contributed by atoms with van der Waals surface area (Å²) in [5, 5.41) is 6.40. The van der Waals surface area contributed by atoms with Gasteiger partial charge in [0, 0.05) is 12.1 Å². The van der Waals surface area contributed by atoms with Crippen molar-refractivity contribution >= 4 is 5.91 Å². The highest BCUT2D eigenvalue weighted by molar-refractivity contribution is 5.78. The van der Waals surface area contributed by atoms with E-state index in [1.807, 2.05) is 0 Å². The molecule has 3 nitrogen and oxygen atoms in total. The molecule has 0 saturated heterocycles. The second-order valence-electron chi connectivity index (χ2n) is 5.09. The largest absolute Gasteiger partial charge is 0.352 e. The summed E-state index contributed by atoms with van der Waals surface area (Å²) in [5.41, 5.74) is 0.